The van der Waals surface area contributed by atoms with Crippen molar-refractivity contribution in [1.29, 1.82) is 0 Å². The summed E-state index contributed by atoms with van der Waals surface area (Å²) in [5.41, 5.74) is 0. The van der Waals surface area contributed by atoms with Crippen molar-refractivity contribution >= 4 is 5.97 Å². The lowest BCUT2D eigenvalue weighted by Crippen LogP contribution is -2.40. The second kappa shape index (κ2) is 7.63. The lowest BCUT2D eigenvalue weighted by Gasteiger charge is -2.24. The van der Waals surface area contributed by atoms with E-state index in [9.17, 15) is 4.79 Å². The molecule has 0 spiro atoms. The van der Waals surface area contributed by atoms with E-state index in [1.807, 2.05) is 0 Å². The summed E-state index contributed by atoms with van der Waals surface area (Å²) in [6.45, 7) is 5.67. The van der Waals surface area contributed by atoms with Crippen LogP contribution in [0.4, 0.5) is 0 Å². The van der Waals surface area contributed by atoms with Crippen molar-refractivity contribution in [3.05, 3.63) is 0 Å². The second-order valence-corrected chi connectivity index (χ2v) is 4.46. The number of hydrogen-bond acceptors (Lipinski definition) is 4. The third-order valence-electron chi connectivity index (χ3n) is 3.05. The predicted octanol–water partition coefficient (Wildman–Crippen LogP) is 1.01. The minimum Gasteiger partial charge on any atom is -0.468 e. The number of carbonyl (C=O) groups is 1. The van der Waals surface area contributed by atoms with Crippen LogP contribution in [0.3, 0.4) is 0 Å². The highest BCUT2D eigenvalue weighted by Gasteiger charge is 2.19. The van der Waals surface area contributed by atoms with E-state index in [4.69, 9.17) is 4.74 Å². The molecule has 0 saturated carbocycles. The fourth-order valence-electron chi connectivity index (χ4n) is 2.09. The summed E-state index contributed by atoms with van der Waals surface area (Å²) in [4.78, 5) is 13.5. The van der Waals surface area contributed by atoms with Crippen LogP contribution in [0.5, 0.6) is 0 Å². The monoisotopic (exact) mass is 228 g/mol. The van der Waals surface area contributed by atoms with Crippen LogP contribution >= 0.6 is 0 Å². The van der Waals surface area contributed by atoms with Gasteiger partial charge in [0.2, 0.25) is 0 Å². The number of esters is 1. The van der Waals surface area contributed by atoms with Crippen LogP contribution in [0, 0.1) is 0 Å². The van der Waals surface area contributed by atoms with Crippen LogP contribution in [-0.4, -0.2) is 50.2 Å². The number of carbonyl (C=O) groups excluding carboxylic acids is 1. The molecule has 0 aromatic rings. The molecular weight excluding hydrogens is 204 g/mol. The van der Waals surface area contributed by atoms with Gasteiger partial charge in [-0.15, -0.1) is 0 Å². The molecule has 0 aromatic carbocycles. The Kier molecular flexibility index (Phi) is 6.42. The van der Waals surface area contributed by atoms with Gasteiger partial charge in [0.1, 0.15) is 0 Å². The Balaban J connectivity index is 2.32. The molecule has 16 heavy (non-hydrogen) atoms. The molecule has 4 heteroatoms. The average Bonchev–Trinajstić information content (AvgIpc) is 2.78. The summed E-state index contributed by atoms with van der Waals surface area (Å²) in [6, 6.07) is 0.557. The van der Waals surface area contributed by atoms with E-state index in [1.165, 1.54) is 20.0 Å². The maximum Gasteiger partial charge on any atom is 0.319 e. The van der Waals surface area contributed by atoms with Crippen molar-refractivity contribution in [3.63, 3.8) is 0 Å². The molecule has 1 aliphatic heterocycles. The van der Waals surface area contributed by atoms with Crippen LogP contribution < -0.4 is 5.32 Å². The SMILES string of the molecule is CCCCN(CC(=O)OC)CC1CCCN1. The van der Waals surface area contributed by atoms with E-state index in [0.717, 1.165) is 32.5 Å². The van der Waals surface area contributed by atoms with Gasteiger partial charge in [0.25, 0.3) is 0 Å². The first-order valence-electron chi connectivity index (χ1n) is 6.28. The third-order valence-corrected chi connectivity index (χ3v) is 3.05. The number of rotatable bonds is 7. The van der Waals surface area contributed by atoms with Crippen LogP contribution in [0.15, 0.2) is 0 Å². The Hall–Kier alpha value is -0.610. The Morgan fingerprint density at radius 3 is 2.94 bits per heavy atom. The molecule has 1 saturated heterocycles. The number of nitrogens with zero attached hydrogens (tertiary/aromatic N) is 1. The molecule has 0 aromatic heterocycles. The Morgan fingerprint density at radius 2 is 2.38 bits per heavy atom. The maximum atomic E-state index is 11.3. The minimum absolute atomic E-state index is 0.130. The van der Waals surface area contributed by atoms with Crippen LogP contribution in [0.2, 0.25) is 0 Å². The molecule has 0 radical (unpaired) electrons. The number of nitrogens with one attached hydrogen (secondary N) is 1. The lowest BCUT2D eigenvalue weighted by atomic mass is 10.2. The molecule has 1 rings (SSSR count). The largest absolute Gasteiger partial charge is 0.468 e. The highest BCUT2D eigenvalue weighted by Crippen LogP contribution is 2.07. The average molecular weight is 228 g/mol. The third kappa shape index (κ3) is 4.94. The number of unbranched alkanes of at least 4 members (excludes halogenated alkanes) is 1. The van der Waals surface area contributed by atoms with Gasteiger partial charge < -0.3 is 10.1 Å². The smallest absolute Gasteiger partial charge is 0.319 e. The Labute approximate surface area is 98.3 Å². The zero-order chi connectivity index (χ0) is 11.8. The summed E-state index contributed by atoms with van der Waals surface area (Å²) in [5.74, 6) is -0.130. The summed E-state index contributed by atoms with van der Waals surface area (Å²) < 4.78 is 4.72. The van der Waals surface area contributed by atoms with Gasteiger partial charge in [-0.1, -0.05) is 13.3 Å². The predicted molar refractivity (Wildman–Crippen MR) is 64.4 cm³/mol. The molecular formula is C12H24N2O2. The number of methoxy groups -OCH3 is 1. The number of ether oxygens (including phenoxy) is 1. The zero-order valence-corrected chi connectivity index (χ0v) is 10.5. The normalized spacial score (nSPS) is 20.3. The van der Waals surface area contributed by atoms with Gasteiger partial charge in [0.15, 0.2) is 0 Å². The van der Waals surface area contributed by atoms with Crippen molar-refractivity contribution in [2.45, 2.75) is 38.6 Å². The van der Waals surface area contributed by atoms with Gasteiger partial charge in [-0.2, -0.15) is 0 Å². The van der Waals surface area contributed by atoms with Crippen molar-refractivity contribution in [2.75, 3.05) is 33.3 Å². The van der Waals surface area contributed by atoms with Gasteiger partial charge >= 0.3 is 5.97 Å². The molecule has 1 unspecified atom stereocenters. The molecule has 1 fully saturated rings. The van der Waals surface area contributed by atoms with Crippen molar-refractivity contribution in [2.24, 2.45) is 0 Å². The van der Waals surface area contributed by atoms with Gasteiger partial charge in [0.05, 0.1) is 13.7 Å². The molecule has 0 bridgehead atoms. The van der Waals surface area contributed by atoms with Crippen molar-refractivity contribution < 1.29 is 9.53 Å². The highest BCUT2D eigenvalue weighted by molar-refractivity contribution is 5.71. The van der Waals surface area contributed by atoms with E-state index in [-0.39, 0.29) is 5.97 Å². The maximum absolute atomic E-state index is 11.3. The van der Waals surface area contributed by atoms with E-state index in [0.29, 0.717) is 12.6 Å². The molecule has 4 nitrogen and oxygen atoms in total. The van der Waals surface area contributed by atoms with E-state index in [1.54, 1.807) is 0 Å². The molecule has 1 atom stereocenters. The lowest BCUT2D eigenvalue weighted by molar-refractivity contribution is -0.142. The quantitative estimate of drug-likeness (QED) is 0.660. The first-order chi connectivity index (χ1) is 7.76. The van der Waals surface area contributed by atoms with Crippen LogP contribution in [0.1, 0.15) is 32.6 Å². The first-order valence-corrected chi connectivity index (χ1v) is 6.28. The van der Waals surface area contributed by atoms with E-state index < -0.39 is 0 Å². The summed E-state index contributed by atoms with van der Waals surface area (Å²) >= 11 is 0. The Morgan fingerprint density at radius 1 is 1.56 bits per heavy atom. The second-order valence-electron chi connectivity index (χ2n) is 4.46. The molecule has 0 aliphatic carbocycles. The van der Waals surface area contributed by atoms with Crippen molar-refractivity contribution in [1.82, 2.24) is 10.2 Å². The van der Waals surface area contributed by atoms with E-state index in [2.05, 4.69) is 17.1 Å². The number of hydrogen-bond donors (Lipinski definition) is 1. The molecule has 1 aliphatic rings. The highest BCUT2D eigenvalue weighted by atomic mass is 16.5. The van der Waals surface area contributed by atoms with Crippen LogP contribution in [-0.2, 0) is 9.53 Å². The topological polar surface area (TPSA) is 41.6 Å². The standard InChI is InChI=1S/C12H24N2O2/c1-3-4-8-14(10-12(15)16-2)9-11-6-5-7-13-11/h11,13H,3-10H2,1-2H3. The molecule has 0 amide bonds. The molecule has 1 N–H and O–H groups in total. The molecule has 94 valence electrons. The van der Waals surface area contributed by atoms with Gasteiger partial charge in [-0.25, -0.2) is 0 Å². The summed E-state index contributed by atoms with van der Waals surface area (Å²) in [7, 11) is 1.45. The van der Waals surface area contributed by atoms with Gasteiger partial charge in [-0.05, 0) is 32.4 Å². The summed E-state index contributed by atoms with van der Waals surface area (Å²) in [6.07, 6.45) is 4.79. The van der Waals surface area contributed by atoms with Crippen LogP contribution in [0.25, 0.3) is 0 Å². The van der Waals surface area contributed by atoms with Gasteiger partial charge in [0, 0.05) is 12.6 Å². The zero-order valence-electron chi connectivity index (χ0n) is 10.5. The first kappa shape index (κ1) is 13.5. The summed E-state index contributed by atoms with van der Waals surface area (Å²) in [5, 5.41) is 3.46. The van der Waals surface area contributed by atoms with Gasteiger partial charge in [-0.3, -0.25) is 9.69 Å². The fourth-order valence-corrected chi connectivity index (χ4v) is 2.09. The van der Waals surface area contributed by atoms with Crippen molar-refractivity contribution in [3.8, 4) is 0 Å². The van der Waals surface area contributed by atoms with E-state index >= 15 is 0 Å². The minimum atomic E-state index is -0.130. The fraction of sp³-hybridized carbons (Fsp3) is 0.917. The Bertz CT molecular complexity index is 203. The molecule has 1 heterocycles.